The maximum Gasteiger partial charge on any atom is 0.272 e. The Labute approximate surface area is 120 Å². The van der Waals surface area contributed by atoms with Crippen LogP contribution in [0, 0.1) is 6.92 Å². The Hall–Kier alpha value is -1.65. The van der Waals surface area contributed by atoms with Crippen molar-refractivity contribution in [2.75, 3.05) is 18.4 Å². The molecule has 0 atom stereocenters. The molecule has 0 spiro atoms. The van der Waals surface area contributed by atoms with Crippen LogP contribution in [0.15, 0.2) is 6.07 Å². The van der Waals surface area contributed by atoms with E-state index in [0.717, 1.165) is 31.6 Å². The van der Waals surface area contributed by atoms with E-state index in [4.69, 9.17) is 0 Å². The maximum absolute atomic E-state index is 12.5. The molecular weight excluding hydrogens is 252 g/mol. The minimum absolute atomic E-state index is 0.0121. The molecule has 0 saturated heterocycles. The number of hydrogen-bond acceptors (Lipinski definition) is 4. The lowest BCUT2D eigenvalue weighted by molar-refractivity contribution is 0.0749. The Morgan fingerprint density at radius 3 is 2.50 bits per heavy atom. The van der Waals surface area contributed by atoms with Crippen molar-refractivity contribution < 1.29 is 4.79 Å². The molecule has 0 unspecified atom stereocenters. The number of hydrogen-bond donors (Lipinski definition) is 1. The number of aromatic nitrogens is 2. The maximum atomic E-state index is 12.5. The predicted octanol–water partition coefficient (Wildman–Crippen LogP) is 2.62. The summed E-state index contributed by atoms with van der Waals surface area (Å²) >= 11 is 0. The molecule has 1 amide bonds. The standard InChI is InChI=1S/C15H24N4O/c1-4-8-19(9-5-2)14(20)13-10-11(3)16-15(18-13)17-12-6-7-12/h10,12H,4-9H2,1-3H3,(H,16,17,18). The number of nitrogens with zero attached hydrogens (tertiary/aromatic N) is 3. The molecular formula is C15H24N4O. The number of carbonyl (C=O) groups excluding carboxylic acids is 1. The van der Waals surface area contributed by atoms with Gasteiger partial charge in [0, 0.05) is 24.8 Å². The Morgan fingerprint density at radius 1 is 1.30 bits per heavy atom. The normalized spacial score (nSPS) is 14.2. The molecule has 0 aromatic carbocycles. The number of aryl methyl sites for hydroxylation is 1. The first kappa shape index (κ1) is 14.8. The van der Waals surface area contributed by atoms with Crippen molar-refractivity contribution in [3.05, 3.63) is 17.5 Å². The molecule has 1 N–H and O–H groups in total. The van der Waals surface area contributed by atoms with Crippen molar-refractivity contribution in [3.63, 3.8) is 0 Å². The fraction of sp³-hybridized carbons (Fsp3) is 0.667. The number of amides is 1. The van der Waals surface area contributed by atoms with Gasteiger partial charge >= 0.3 is 0 Å². The average Bonchev–Trinajstić information content (AvgIpc) is 3.21. The van der Waals surface area contributed by atoms with Crippen molar-refractivity contribution in [3.8, 4) is 0 Å². The first-order valence-corrected chi connectivity index (χ1v) is 7.55. The third-order valence-corrected chi connectivity index (χ3v) is 3.26. The van der Waals surface area contributed by atoms with E-state index in [1.165, 1.54) is 12.8 Å². The average molecular weight is 276 g/mol. The summed E-state index contributed by atoms with van der Waals surface area (Å²) < 4.78 is 0. The highest BCUT2D eigenvalue weighted by molar-refractivity contribution is 5.92. The second-order valence-corrected chi connectivity index (χ2v) is 5.43. The summed E-state index contributed by atoms with van der Waals surface area (Å²) in [6, 6.07) is 2.26. The van der Waals surface area contributed by atoms with Crippen molar-refractivity contribution in [2.24, 2.45) is 0 Å². The molecule has 5 nitrogen and oxygen atoms in total. The first-order chi connectivity index (χ1) is 9.63. The summed E-state index contributed by atoms with van der Waals surface area (Å²) in [5, 5.41) is 3.26. The smallest absolute Gasteiger partial charge is 0.272 e. The lowest BCUT2D eigenvalue weighted by atomic mass is 10.2. The second-order valence-electron chi connectivity index (χ2n) is 5.43. The SMILES string of the molecule is CCCN(CCC)C(=O)c1cc(C)nc(NC2CC2)n1. The van der Waals surface area contributed by atoms with Gasteiger partial charge in [-0.05, 0) is 38.7 Å². The van der Waals surface area contributed by atoms with Gasteiger partial charge in [-0.15, -0.1) is 0 Å². The van der Waals surface area contributed by atoms with Crippen LogP contribution in [-0.2, 0) is 0 Å². The minimum atomic E-state index is 0.0121. The highest BCUT2D eigenvalue weighted by atomic mass is 16.2. The molecule has 1 fully saturated rings. The number of carbonyl (C=O) groups is 1. The predicted molar refractivity (Wildman–Crippen MR) is 79.9 cm³/mol. The van der Waals surface area contributed by atoms with Gasteiger partial charge in [-0.3, -0.25) is 4.79 Å². The van der Waals surface area contributed by atoms with E-state index in [9.17, 15) is 4.79 Å². The van der Waals surface area contributed by atoms with Crippen molar-refractivity contribution in [1.82, 2.24) is 14.9 Å². The highest BCUT2D eigenvalue weighted by Crippen LogP contribution is 2.23. The summed E-state index contributed by atoms with van der Waals surface area (Å²) in [6.07, 6.45) is 4.25. The summed E-state index contributed by atoms with van der Waals surface area (Å²) in [5.74, 6) is 0.599. The van der Waals surface area contributed by atoms with E-state index in [0.29, 0.717) is 17.7 Å². The molecule has 2 rings (SSSR count). The van der Waals surface area contributed by atoms with Gasteiger partial charge in [-0.2, -0.15) is 0 Å². The molecule has 0 aliphatic heterocycles. The van der Waals surface area contributed by atoms with Crippen LogP contribution >= 0.6 is 0 Å². The van der Waals surface area contributed by atoms with Crippen molar-refractivity contribution in [1.29, 1.82) is 0 Å². The largest absolute Gasteiger partial charge is 0.351 e. The third kappa shape index (κ3) is 3.92. The molecule has 1 saturated carbocycles. The highest BCUT2D eigenvalue weighted by Gasteiger charge is 2.23. The van der Waals surface area contributed by atoms with Gasteiger partial charge in [0.25, 0.3) is 5.91 Å². The summed E-state index contributed by atoms with van der Waals surface area (Å²) in [6.45, 7) is 7.63. The third-order valence-electron chi connectivity index (χ3n) is 3.26. The van der Waals surface area contributed by atoms with E-state index >= 15 is 0 Å². The Morgan fingerprint density at radius 2 is 1.95 bits per heavy atom. The Bertz CT molecular complexity index is 465. The van der Waals surface area contributed by atoms with Crippen LogP contribution in [0.1, 0.15) is 55.7 Å². The van der Waals surface area contributed by atoms with Gasteiger partial charge in [0.15, 0.2) is 0 Å². The zero-order valence-electron chi connectivity index (χ0n) is 12.6. The monoisotopic (exact) mass is 276 g/mol. The molecule has 1 aromatic heterocycles. The lowest BCUT2D eigenvalue weighted by Gasteiger charge is -2.21. The van der Waals surface area contributed by atoms with Crippen LogP contribution in [0.25, 0.3) is 0 Å². The van der Waals surface area contributed by atoms with Gasteiger partial charge in [0.2, 0.25) is 5.95 Å². The van der Waals surface area contributed by atoms with Gasteiger partial charge < -0.3 is 10.2 Å². The summed E-state index contributed by atoms with van der Waals surface area (Å²) in [4.78, 5) is 23.2. The van der Waals surface area contributed by atoms with Gasteiger partial charge in [0.05, 0.1) is 0 Å². The molecule has 20 heavy (non-hydrogen) atoms. The van der Waals surface area contributed by atoms with E-state index in [1.807, 2.05) is 11.8 Å². The van der Waals surface area contributed by atoms with Gasteiger partial charge in [-0.25, -0.2) is 9.97 Å². The molecule has 0 bridgehead atoms. The minimum Gasteiger partial charge on any atom is -0.351 e. The fourth-order valence-corrected chi connectivity index (χ4v) is 2.17. The fourth-order valence-electron chi connectivity index (χ4n) is 2.17. The number of anilines is 1. The molecule has 1 heterocycles. The molecule has 1 aromatic rings. The van der Waals surface area contributed by atoms with E-state index in [2.05, 4.69) is 29.1 Å². The van der Waals surface area contributed by atoms with Crippen molar-refractivity contribution >= 4 is 11.9 Å². The van der Waals surface area contributed by atoms with E-state index in [1.54, 1.807) is 6.07 Å². The molecule has 1 aliphatic carbocycles. The van der Waals surface area contributed by atoms with Crippen LogP contribution in [0.5, 0.6) is 0 Å². The van der Waals surface area contributed by atoms with Crippen molar-refractivity contribution in [2.45, 2.75) is 52.5 Å². The number of rotatable bonds is 7. The molecule has 1 aliphatic rings. The zero-order chi connectivity index (χ0) is 14.5. The van der Waals surface area contributed by atoms with Crippen LogP contribution in [0.4, 0.5) is 5.95 Å². The molecule has 0 radical (unpaired) electrons. The molecule has 5 heteroatoms. The Kier molecular flexibility index (Phi) is 4.93. The quantitative estimate of drug-likeness (QED) is 0.831. The van der Waals surface area contributed by atoms with Crippen LogP contribution in [-0.4, -0.2) is 39.9 Å². The number of nitrogens with one attached hydrogen (secondary N) is 1. The van der Waals surface area contributed by atoms with Gasteiger partial charge in [0.1, 0.15) is 5.69 Å². The van der Waals surface area contributed by atoms with E-state index < -0.39 is 0 Å². The summed E-state index contributed by atoms with van der Waals surface area (Å²) in [5.41, 5.74) is 1.34. The van der Waals surface area contributed by atoms with Crippen LogP contribution in [0.3, 0.4) is 0 Å². The zero-order valence-corrected chi connectivity index (χ0v) is 12.6. The first-order valence-electron chi connectivity index (χ1n) is 7.55. The van der Waals surface area contributed by atoms with Crippen LogP contribution in [0.2, 0.25) is 0 Å². The summed E-state index contributed by atoms with van der Waals surface area (Å²) in [7, 11) is 0. The molecule has 110 valence electrons. The Balaban J connectivity index is 2.15. The van der Waals surface area contributed by atoms with E-state index in [-0.39, 0.29) is 5.91 Å². The topological polar surface area (TPSA) is 58.1 Å². The van der Waals surface area contributed by atoms with Crippen LogP contribution < -0.4 is 5.32 Å². The second kappa shape index (κ2) is 6.68. The van der Waals surface area contributed by atoms with Gasteiger partial charge in [-0.1, -0.05) is 13.8 Å². The lowest BCUT2D eigenvalue weighted by Crippen LogP contribution is -2.33.